The van der Waals surface area contributed by atoms with Gasteiger partial charge in [0.2, 0.25) is 0 Å². The van der Waals surface area contributed by atoms with Crippen molar-refractivity contribution in [3.05, 3.63) is 53.4 Å². The maximum atomic E-state index is 12.3. The van der Waals surface area contributed by atoms with Crippen molar-refractivity contribution >= 4 is 21.4 Å². The highest BCUT2D eigenvalue weighted by Gasteiger charge is 2.21. The van der Waals surface area contributed by atoms with Gasteiger partial charge in [-0.2, -0.15) is 0 Å². The topological polar surface area (TPSA) is 46.2 Å². The van der Waals surface area contributed by atoms with Crippen molar-refractivity contribution in [2.24, 2.45) is 0 Å². The molecule has 0 spiro atoms. The summed E-state index contributed by atoms with van der Waals surface area (Å²) in [6.07, 6.45) is 1.71. The van der Waals surface area contributed by atoms with Gasteiger partial charge < -0.3 is 0 Å². The van der Waals surface area contributed by atoms with E-state index in [1.165, 1.54) is 11.3 Å². The number of nitrogens with one attached hydrogen (secondary N) is 1. The van der Waals surface area contributed by atoms with E-state index in [1.54, 1.807) is 17.5 Å². The van der Waals surface area contributed by atoms with Gasteiger partial charge in [0.15, 0.2) is 0 Å². The van der Waals surface area contributed by atoms with Gasteiger partial charge in [-0.15, -0.1) is 11.3 Å². The number of hydrogen-bond donors (Lipinski definition) is 1. The van der Waals surface area contributed by atoms with Gasteiger partial charge in [-0.1, -0.05) is 49.7 Å². The van der Waals surface area contributed by atoms with E-state index in [0.717, 1.165) is 18.4 Å². The summed E-state index contributed by atoms with van der Waals surface area (Å²) in [4.78, 5) is 0. The fourth-order valence-corrected chi connectivity index (χ4v) is 4.20. The quantitative estimate of drug-likeness (QED) is 0.885. The molecular weight excluding hydrogens is 278 g/mol. The van der Waals surface area contributed by atoms with Crippen LogP contribution in [-0.2, 0) is 10.0 Å². The Morgan fingerprint density at radius 3 is 2.47 bits per heavy atom. The van der Waals surface area contributed by atoms with E-state index in [1.807, 2.05) is 30.3 Å². The highest BCUT2D eigenvalue weighted by Crippen LogP contribution is 2.23. The second kappa shape index (κ2) is 6.32. The smallest absolute Gasteiger partial charge is 0.206 e. The van der Waals surface area contributed by atoms with E-state index in [4.69, 9.17) is 0 Å². The van der Waals surface area contributed by atoms with E-state index in [-0.39, 0.29) is 6.04 Å². The van der Waals surface area contributed by atoms with Gasteiger partial charge in [-0.05, 0) is 23.4 Å². The monoisotopic (exact) mass is 295 g/mol. The molecule has 1 N–H and O–H groups in total. The Labute approximate surface area is 118 Å². The van der Waals surface area contributed by atoms with Crippen molar-refractivity contribution in [1.29, 1.82) is 0 Å². The molecule has 0 aliphatic heterocycles. The van der Waals surface area contributed by atoms with Gasteiger partial charge in [0.05, 0.1) is 0 Å². The summed E-state index contributed by atoms with van der Waals surface area (Å²) in [7, 11) is -3.42. The molecule has 0 saturated carbocycles. The van der Waals surface area contributed by atoms with Crippen LogP contribution in [0.15, 0.2) is 52.1 Å². The van der Waals surface area contributed by atoms with E-state index in [2.05, 4.69) is 11.6 Å². The number of rotatable bonds is 6. The second-order valence-electron chi connectivity index (χ2n) is 4.31. The largest absolute Gasteiger partial charge is 0.250 e. The normalized spacial score (nSPS) is 13.3. The molecule has 0 unspecified atom stereocenters. The molecule has 1 atom stereocenters. The summed E-state index contributed by atoms with van der Waals surface area (Å²) in [6.45, 7) is 2.05. The van der Waals surface area contributed by atoms with E-state index in [9.17, 15) is 8.42 Å². The Morgan fingerprint density at radius 1 is 1.16 bits per heavy atom. The van der Waals surface area contributed by atoms with Crippen LogP contribution in [0.4, 0.5) is 0 Å². The summed E-state index contributed by atoms with van der Waals surface area (Å²) < 4.78 is 27.7. The SMILES string of the molecule is CCC[C@H](NS(=O)(=O)c1cccs1)c1ccccc1. The van der Waals surface area contributed by atoms with Crippen LogP contribution in [-0.4, -0.2) is 8.42 Å². The van der Waals surface area contributed by atoms with Crippen LogP contribution in [0.25, 0.3) is 0 Å². The second-order valence-corrected chi connectivity index (χ2v) is 7.19. The Balaban J connectivity index is 2.23. The van der Waals surface area contributed by atoms with Crippen LogP contribution in [0.1, 0.15) is 31.4 Å². The Kier molecular flexibility index (Phi) is 4.74. The van der Waals surface area contributed by atoms with E-state index < -0.39 is 10.0 Å². The third kappa shape index (κ3) is 3.65. The maximum Gasteiger partial charge on any atom is 0.250 e. The lowest BCUT2D eigenvalue weighted by Gasteiger charge is -2.18. The average molecular weight is 295 g/mol. The standard InChI is InChI=1S/C14H17NO2S2/c1-2-7-13(12-8-4-3-5-9-12)15-19(16,17)14-10-6-11-18-14/h3-6,8-11,13,15H,2,7H2,1H3/t13-/m0/s1. The molecule has 0 saturated heterocycles. The molecule has 1 aromatic carbocycles. The Bertz CT molecular complexity index is 592. The first kappa shape index (κ1) is 14.2. The predicted molar refractivity (Wildman–Crippen MR) is 78.7 cm³/mol. The van der Waals surface area contributed by atoms with Crippen molar-refractivity contribution < 1.29 is 8.42 Å². The van der Waals surface area contributed by atoms with Crippen molar-refractivity contribution in [3.63, 3.8) is 0 Å². The molecule has 102 valence electrons. The first-order valence-corrected chi connectivity index (χ1v) is 8.60. The Morgan fingerprint density at radius 2 is 1.89 bits per heavy atom. The molecular formula is C14H17NO2S2. The third-order valence-electron chi connectivity index (χ3n) is 2.84. The zero-order valence-corrected chi connectivity index (χ0v) is 12.4. The first-order chi connectivity index (χ1) is 9.13. The van der Waals surface area contributed by atoms with Crippen molar-refractivity contribution in [1.82, 2.24) is 4.72 Å². The fraction of sp³-hybridized carbons (Fsp3) is 0.286. The lowest BCUT2D eigenvalue weighted by Crippen LogP contribution is -2.28. The molecule has 0 radical (unpaired) electrons. The molecule has 0 aliphatic carbocycles. The summed E-state index contributed by atoms with van der Waals surface area (Å²) in [6, 6.07) is 12.9. The molecule has 3 nitrogen and oxygen atoms in total. The number of hydrogen-bond acceptors (Lipinski definition) is 3. The molecule has 0 amide bonds. The third-order valence-corrected chi connectivity index (χ3v) is 5.71. The number of sulfonamides is 1. The molecule has 2 aromatic rings. The van der Waals surface area contributed by atoms with E-state index >= 15 is 0 Å². The average Bonchev–Trinajstić information content (AvgIpc) is 2.94. The van der Waals surface area contributed by atoms with Crippen LogP contribution in [0.2, 0.25) is 0 Å². The zero-order valence-electron chi connectivity index (χ0n) is 10.7. The van der Waals surface area contributed by atoms with Gasteiger partial charge in [0.25, 0.3) is 10.0 Å². The molecule has 5 heteroatoms. The highest BCUT2D eigenvalue weighted by molar-refractivity contribution is 7.91. The predicted octanol–water partition coefficient (Wildman–Crippen LogP) is 3.57. The number of thiophene rings is 1. The van der Waals surface area contributed by atoms with Crippen LogP contribution in [0.3, 0.4) is 0 Å². The molecule has 0 bridgehead atoms. The molecule has 0 fully saturated rings. The lowest BCUT2D eigenvalue weighted by atomic mass is 10.0. The highest BCUT2D eigenvalue weighted by atomic mass is 32.2. The minimum atomic E-state index is -3.42. The zero-order chi connectivity index (χ0) is 13.7. The lowest BCUT2D eigenvalue weighted by molar-refractivity contribution is 0.537. The summed E-state index contributed by atoms with van der Waals surface area (Å²) in [5.41, 5.74) is 1.00. The molecule has 2 rings (SSSR count). The molecule has 19 heavy (non-hydrogen) atoms. The fourth-order valence-electron chi connectivity index (χ4n) is 1.93. The maximum absolute atomic E-state index is 12.3. The molecule has 0 aliphatic rings. The van der Waals surface area contributed by atoms with Gasteiger partial charge in [-0.25, -0.2) is 13.1 Å². The Hall–Kier alpha value is -1.17. The van der Waals surface area contributed by atoms with Crippen LogP contribution < -0.4 is 4.72 Å². The molecule has 1 heterocycles. The van der Waals surface area contributed by atoms with Crippen LogP contribution in [0, 0.1) is 0 Å². The minimum absolute atomic E-state index is 0.168. The number of benzene rings is 1. The van der Waals surface area contributed by atoms with Gasteiger partial charge in [0.1, 0.15) is 4.21 Å². The summed E-state index contributed by atoms with van der Waals surface area (Å²) in [5.74, 6) is 0. The summed E-state index contributed by atoms with van der Waals surface area (Å²) in [5, 5.41) is 1.77. The summed E-state index contributed by atoms with van der Waals surface area (Å²) >= 11 is 1.23. The minimum Gasteiger partial charge on any atom is -0.206 e. The van der Waals surface area contributed by atoms with Crippen LogP contribution >= 0.6 is 11.3 Å². The van der Waals surface area contributed by atoms with Gasteiger partial charge in [0, 0.05) is 6.04 Å². The van der Waals surface area contributed by atoms with Gasteiger partial charge in [-0.3, -0.25) is 0 Å². The van der Waals surface area contributed by atoms with Crippen molar-refractivity contribution in [2.75, 3.05) is 0 Å². The molecule has 1 aromatic heterocycles. The van der Waals surface area contributed by atoms with Crippen molar-refractivity contribution in [3.8, 4) is 0 Å². The van der Waals surface area contributed by atoms with Gasteiger partial charge >= 0.3 is 0 Å². The van der Waals surface area contributed by atoms with Crippen molar-refractivity contribution in [2.45, 2.75) is 30.0 Å². The van der Waals surface area contributed by atoms with E-state index in [0.29, 0.717) is 4.21 Å². The first-order valence-electron chi connectivity index (χ1n) is 6.24. The van der Waals surface area contributed by atoms with Crippen LogP contribution in [0.5, 0.6) is 0 Å².